The molecule has 1 aromatic carbocycles. The van der Waals surface area contributed by atoms with E-state index in [2.05, 4.69) is 15.0 Å². The lowest BCUT2D eigenvalue weighted by Gasteiger charge is -2.26. The van der Waals surface area contributed by atoms with Crippen LogP contribution in [0.25, 0.3) is 10.3 Å². The second-order valence-electron chi connectivity index (χ2n) is 5.47. The Balaban J connectivity index is 1.55. The molecule has 0 bridgehead atoms. The van der Waals surface area contributed by atoms with Gasteiger partial charge in [0.05, 0.1) is 0 Å². The number of aryl methyl sites for hydroxylation is 1. The molecule has 1 atom stereocenters. The van der Waals surface area contributed by atoms with E-state index >= 15 is 0 Å². The van der Waals surface area contributed by atoms with Crippen molar-refractivity contribution in [3.63, 3.8) is 0 Å². The summed E-state index contributed by atoms with van der Waals surface area (Å²) in [6.07, 6.45) is 4.08. The van der Waals surface area contributed by atoms with Gasteiger partial charge in [-0.05, 0) is 36.4 Å². The summed E-state index contributed by atoms with van der Waals surface area (Å²) in [5, 5.41) is 0. The van der Waals surface area contributed by atoms with Crippen molar-refractivity contribution in [1.82, 2.24) is 9.97 Å². The normalized spacial score (nSPS) is 16.6. The van der Waals surface area contributed by atoms with Crippen molar-refractivity contribution in [3.8, 4) is 0 Å². The number of benzene rings is 1. The first-order valence-electron chi connectivity index (χ1n) is 7.42. The lowest BCUT2D eigenvalue weighted by molar-refractivity contribution is 0.140. The number of ether oxygens (including phenoxy) is 1. The van der Waals surface area contributed by atoms with Crippen LogP contribution in [0, 0.1) is 12.7 Å². The zero-order valence-corrected chi connectivity index (χ0v) is 14.7. The molecule has 1 aliphatic heterocycles. The van der Waals surface area contributed by atoms with Crippen molar-refractivity contribution in [2.75, 3.05) is 6.26 Å². The summed E-state index contributed by atoms with van der Waals surface area (Å²) in [5.41, 5.74) is 3.91. The van der Waals surface area contributed by atoms with Crippen LogP contribution in [0.5, 0.6) is 0 Å². The molecular weight excluding hydrogens is 345 g/mol. The number of nitrogens with zero attached hydrogens (tertiary/aromatic N) is 3. The summed E-state index contributed by atoms with van der Waals surface area (Å²) in [6, 6.07) is 6.37. The number of halogens is 1. The minimum absolute atomic E-state index is 0.240. The minimum atomic E-state index is -0.322. The molecule has 2 aromatic heterocycles. The molecule has 24 heavy (non-hydrogen) atoms. The number of hydrogen-bond donors (Lipinski definition) is 0. The van der Waals surface area contributed by atoms with Crippen LogP contribution >= 0.6 is 23.1 Å². The quantitative estimate of drug-likeness (QED) is 0.642. The minimum Gasteiger partial charge on any atom is -0.451 e. The van der Waals surface area contributed by atoms with Gasteiger partial charge in [0.1, 0.15) is 16.2 Å². The third kappa shape index (κ3) is 2.78. The van der Waals surface area contributed by atoms with E-state index in [-0.39, 0.29) is 12.0 Å². The van der Waals surface area contributed by atoms with Gasteiger partial charge >= 0.3 is 0 Å². The monoisotopic (exact) mass is 359 g/mol. The largest absolute Gasteiger partial charge is 0.451 e. The van der Waals surface area contributed by atoms with Crippen LogP contribution in [0.1, 0.15) is 22.9 Å². The number of hydrogen-bond acceptors (Lipinski definition) is 6. The lowest BCUT2D eigenvalue weighted by atomic mass is 10.1. The van der Waals surface area contributed by atoms with Crippen LogP contribution in [-0.2, 0) is 11.2 Å². The zero-order chi connectivity index (χ0) is 16.7. The van der Waals surface area contributed by atoms with Crippen molar-refractivity contribution < 1.29 is 9.13 Å². The number of fused-ring (bicyclic) bond motifs is 1. The third-order valence-corrected chi connectivity index (χ3v) is 5.87. The Morgan fingerprint density at radius 1 is 1.29 bits per heavy atom. The smallest absolute Gasteiger partial charge is 0.222 e. The highest BCUT2D eigenvalue weighted by Crippen LogP contribution is 2.35. The maximum atomic E-state index is 12.9. The van der Waals surface area contributed by atoms with Crippen molar-refractivity contribution in [2.24, 2.45) is 4.99 Å². The predicted octanol–water partition coefficient (Wildman–Crippen LogP) is 4.53. The molecule has 0 N–H and O–H groups in total. The van der Waals surface area contributed by atoms with Crippen molar-refractivity contribution in [3.05, 3.63) is 53.0 Å². The summed E-state index contributed by atoms with van der Waals surface area (Å²) in [5.74, 6) is 0.421. The van der Waals surface area contributed by atoms with E-state index in [1.54, 1.807) is 35.2 Å². The Labute approximate surface area is 146 Å². The fraction of sp³-hybridized carbons (Fsp3) is 0.235. The Bertz CT molecular complexity index is 937. The summed E-state index contributed by atoms with van der Waals surface area (Å²) in [7, 11) is 0. The van der Waals surface area contributed by atoms with Crippen LogP contribution in [0.3, 0.4) is 0 Å². The first kappa shape index (κ1) is 15.5. The first-order chi connectivity index (χ1) is 11.6. The Morgan fingerprint density at radius 3 is 2.75 bits per heavy atom. The van der Waals surface area contributed by atoms with E-state index in [4.69, 9.17) is 4.74 Å². The van der Waals surface area contributed by atoms with E-state index < -0.39 is 0 Å². The van der Waals surface area contributed by atoms with E-state index in [1.165, 1.54) is 12.1 Å². The number of pyridine rings is 1. The van der Waals surface area contributed by atoms with E-state index in [1.807, 2.05) is 19.4 Å². The number of aliphatic imine (C=N–C) groups is 1. The fourth-order valence-electron chi connectivity index (χ4n) is 2.59. The average Bonchev–Trinajstić information content (AvgIpc) is 2.98. The average molecular weight is 359 g/mol. The second kappa shape index (κ2) is 6.14. The van der Waals surface area contributed by atoms with Crippen LogP contribution in [0.2, 0.25) is 0 Å². The van der Waals surface area contributed by atoms with Crippen molar-refractivity contribution in [2.45, 2.75) is 23.9 Å². The Hall–Kier alpha value is -1.99. The van der Waals surface area contributed by atoms with E-state index in [0.717, 1.165) is 31.4 Å². The molecule has 122 valence electrons. The highest BCUT2D eigenvalue weighted by atomic mass is 32.2. The maximum absolute atomic E-state index is 12.9. The Kier molecular flexibility index (Phi) is 3.97. The maximum Gasteiger partial charge on any atom is 0.222 e. The van der Waals surface area contributed by atoms with E-state index in [0.29, 0.717) is 12.3 Å². The fourth-order valence-corrected chi connectivity index (χ4v) is 4.04. The van der Waals surface area contributed by atoms with Crippen LogP contribution in [-0.4, -0.2) is 22.1 Å². The number of aromatic nitrogens is 2. The lowest BCUT2D eigenvalue weighted by Crippen LogP contribution is -2.24. The SMILES string of the molecule is CSc1nc2c(C)c(C3N=C(Cc4ccc(F)cc4)O3)cnc2s1. The molecule has 0 saturated heterocycles. The van der Waals surface area contributed by atoms with E-state index in [9.17, 15) is 4.39 Å². The first-order valence-corrected chi connectivity index (χ1v) is 9.46. The second-order valence-corrected chi connectivity index (χ2v) is 7.50. The molecule has 0 saturated carbocycles. The number of rotatable bonds is 4. The molecule has 0 radical (unpaired) electrons. The summed E-state index contributed by atoms with van der Waals surface area (Å²) in [4.78, 5) is 14.6. The molecule has 4 nitrogen and oxygen atoms in total. The van der Waals surface area contributed by atoms with Crippen molar-refractivity contribution >= 4 is 39.3 Å². The van der Waals surface area contributed by atoms with Gasteiger partial charge in [-0.3, -0.25) is 0 Å². The molecule has 0 aliphatic carbocycles. The summed E-state index contributed by atoms with van der Waals surface area (Å²) >= 11 is 3.22. The highest BCUT2D eigenvalue weighted by Gasteiger charge is 2.27. The van der Waals surface area contributed by atoms with Crippen LogP contribution in [0.15, 0.2) is 39.8 Å². The van der Waals surface area contributed by atoms with Gasteiger partial charge in [0.2, 0.25) is 6.23 Å². The Morgan fingerprint density at radius 2 is 2.04 bits per heavy atom. The van der Waals surface area contributed by atoms with Gasteiger partial charge in [0.25, 0.3) is 0 Å². The van der Waals surface area contributed by atoms with Gasteiger partial charge in [-0.15, -0.1) is 0 Å². The van der Waals surface area contributed by atoms with Gasteiger partial charge in [0.15, 0.2) is 10.2 Å². The van der Waals surface area contributed by atoms with Gasteiger partial charge in [-0.1, -0.05) is 35.2 Å². The van der Waals surface area contributed by atoms with Gasteiger partial charge < -0.3 is 4.74 Å². The van der Waals surface area contributed by atoms with Crippen LogP contribution in [0.4, 0.5) is 4.39 Å². The number of thioether (sulfide) groups is 1. The van der Waals surface area contributed by atoms with Crippen LogP contribution < -0.4 is 0 Å². The summed E-state index contributed by atoms with van der Waals surface area (Å²) < 4.78 is 19.7. The molecule has 0 amide bonds. The van der Waals surface area contributed by atoms with Gasteiger partial charge in [0, 0.05) is 18.2 Å². The number of thiazole rings is 1. The molecular formula is C17H14FN3OS2. The summed E-state index contributed by atoms with van der Waals surface area (Å²) in [6.45, 7) is 2.03. The topological polar surface area (TPSA) is 47.4 Å². The van der Waals surface area contributed by atoms with Gasteiger partial charge in [-0.2, -0.15) is 0 Å². The third-order valence-electron chi connectivity index (χ3n) is 3.92. The van der Waals surface area contributed by atoms with Gasteiger partial charge in [-0.25, -0.2) is 19.4 Å². The molecule has 7 heteroatoms. The molecule has 1 unspecified atom stereocenters. The molecule has 4 rings (SSSR count). The zero-order valence-electron chi connectivity index (χ0n) is 13.1. The molecule has 0 spiro atoms. The highest BCUT2D eigenvalue weighted by molar-refractivity contribution is 8.00. The molecule has 3 heterocycles. The standard InChI is InChI=1S/C17H14FN3OS2/c1-9-12(8-19-16-14(9)21-17(23-2)24-16)15-20-13(22-15)7-10-3-5-11(18)6-4-10/h3-6,8,15H,7H2,1-2H3. The van der Waals surface area contributed by atoms with Crippen molar-refractivity contribution in [1.29, 1.82) is 0 Å². The molecule has 0 fully saturated rings. The predicted molar refractivity (Wildman–Crippen MR) is 95.3 cm³/mol. The molecule has 1 aliphatic rings. The molecule has 3 aromatic rings.